The Kier molecular flexibility index (Phi) is 8.49. The molecule has 8 heteroatoms. The molecule has 1 N–H and O–H groups in total. The average molecular weight is 471 g/mol. The molecule has 0 aliphatic carbocycles. The number of hydrogen-bond donors (Lipinski definition) is 1. The normalized spacial score (nSPS) is 12.2. The van der Waals surface area contributed by atoms with Crippen LogP contribution < -0.4 is 10.1 Å². The van der Waals surface area contributed by atoms with Gasteiger partial charge in [0.15, 0.2) is 17.1 Å². The lowest BCUT2D eigenvalue weighted by atomic mass is 10.0. The summed E-state index contributed by atoms with van der Waals surface area (Å²) in [7, 11) is 0. The van der Waals surface area contributed by atoms with E-state index in [4.69, 9.17) is 4.74 Å². The number of carbonyl (C=O) groups is 1. The highest BCUT2D eigenvalue weighted by atomic mass is 32.2. The summed E-state index contributed by atoms with van der Waals surface area (Å²) in [5.41, 5.74) is 1.42. The first-order valence-electron chi connectivity index (χ1n) is 11.1. The molecular formula is C25H31FN4O2S. The fourth-order valence-electron chi connectivity index (χ4n) is 3.31. The van der Waals surface area contributed by atoms with E-state index >= 15 is 0 Å². The van der Waals surface area contributed by atoms with Gasteiger partial charge in [-0.05, 0) is 48.6 Å². The Morgan fingerprint density at radius 1 is 1.06 bits per heavy atom. The van der Waals surface area contributed by atoms with Gasteiger partial charge in [0.25, 0.3) is 0 Å². The fourth-order valence-corrected chi connectivity index (χ4v) is 4.07. The molecule has 0 fully saturated rings. The van der Waals surface area contributed by atoms with E-state index in [1.807, 2.05) is 23.6 Å². The lowest BCUT2D eigenvalue weighted by Crippen LogP contribution is -2.17. The van der Waals surface area contributed by atoms with Gasteiger partial charge in [-0.25, -0.2) is 4.39 Å². The first kappa shape index (κ1) is 24.8. The molecule has 6 nitrogen and oxygen atoms in total. The van der Waals surface area contributed by atoms with Crippen LogP contribution in [-0.4, -0.2) is 26.4 Å². The summed E-state index contributed by atoms with van der Waals surface area (Å²) in [6, 6.07) is 14.2. The molecule has 1 aromatic heterocycles. The van der Waals surface area contributed by atoms with Crippen LogP contribution in [0.2, 0.25) is 0 Å². The van der Waals surface area contributed by atoms with Crippen molar-refractivity contribution in [3.63, 3.8) is 0 Å². The van der Waals surface area contributed by atoms with E-state index in [-0.39, 0.29) is 23.5 Å². The monoisotopic (exact) mass is 470 g/mol. The Bertz CT molecular complexity index is 1070. The maximum Gasteiger partial charge on any atom is 0.234 e. The minimum Gasteiger partial charge on any atom is -0.483 e. The van der Waals surface area contributed by atoms with Crippen molar-refractivity contribution < 1.29 is 13.9 Å². The highest BCUT2D eigenvalue weighted by Crippen LogP contribution is 2.27. The molecule has 1 heterocycles. The number of anilines is 1. The molecule has 0 aliphatic heterocycles. The molecule has 3 rings (SSSR count). The van der Waals surface area contributed by atoms with Crippen LogP contribution in [0.1, 0.15) is 58.0 Å². The summed E-state index contributed by atoms with van der Waals surface area (Å²) in [6.07, 6.45) is -0.317. The smallest absolute Gasteiger partial charge is 0.234 e. The number of para-hydroxylation sites is 1. The van der Waals surface area contributed by atoms with Gasteiger partial charge < -0.3 is 14.6 Å². The molecule has 1 unspecified atom stereocenters. The molecule has 2 aromatic carbocycles. The number of nitrogens with zero attached hydrogens (tertiary/aromatic N) is 3. The summed E-state index contributed by atoms with van der Waals surface area (Å²) < 4.78 is 21.9. The number of rotatable bonds is 10. The highest BCUT2D eigenvalue weighted by molar-refractivity contribution is 7.99. The topological polar surface area (TPSA) is 69.0 Å². The van der Waals surface area contributed by atoms with Crippen LogP contribution in [0.4, 0.5) is 10.1 Å². The molecule has 33 heavy (non-hydrogen) atoms. The van der Waals surface area contributed by atoms with Gasteiger partial charge in [-0.2, -0.15) is 0 Å². The van der Waals surface area contributed by atoms with Crippen molar-refractivity contribution in [3.05, 3.63) is 65.7 Å². The summed E-state index contributed by atoms with van der Waals surface area (Å²) in [5.74, 6) is 1.60. The van der Waals surface area contributed by atoms with Gasteiger partial charge >= 0.3 is 0 Å². The third-order valence-electron chi connectivity index (χ3n) is 5.00. The van der Waals surface area contributed by atoms with Crippen molar-refractivity contribution in [1.29, 1.82) is 0 Å². The first-order chi connectivity index (χ1) is 15.7. The molecular weight excluding hydrogens is 439 g/mol. The third-order valence-corrected chi connectivity index (χ3v) is 5.96. The number of ether oxygens (including phenoxy) is 1. The predicted octanol–water partition coefficient (Wildman–Crippen LogP) is 6.07. The SMILES string of the molecule is CC(C)Cn1c(SCC(=O)Nc2ccccc2F)nnc1C(C)Oc1ccc(C(C)C)cc1. The van der Waals surface area contributed by atoms with Crippen LogP contribution in [0, 0.1) is 11.7 Å². The molecule has 0 radical (unpaired) electrons. The maximum absolute atomic E-state index is 13.8. The molecule has 0 spiro atoms. The van der Waals surface area contributed by atoms with Gasteiger partial charge in [-0.3, -0.25) is 4.79 Å². The van der Waals surface area contributed by atoms with E-state index in [1.54, 1.807) is 12.1 Å². The summed E-state index contributed by atoms with van der Waals surface area (Å²) in [6.45, 7) is 11.2. The van der Waals surface area contributed by atoms with Crippen molar-refractivity contribution in [2.75, 3.05) is 11.1 Å². The Labute approximate surface area is 199 Å². The number of carbonyl (C=O) groups excluding carboxylic acids is 1. The van der Waals surface area contributed by atoms with Crippen molar-refractivity contribution in [2.45, 2.75) is 58.3 Å². The Morgan fingerprint density at radius 3 is 2.39 bits per heavy atom. The number of thioether (sulfide) groups is 1. The van der Waals surface area contributed by atoms with Crippen LogP contribution >= 0.6 is 11.8 Å². The van der Waals surface area contributed by atoms with Crippen molar-refractivity contribution in [1.82, 2.24) is 14.8 Å². The van der Waals surface area contributed by atoms with E-state index < -0.39 is 5.82 Å². The van der Waals surface area contributed by atoms with Gasteiger partial charge in [0.05, 0.1) is 11.4 Å². The molecule has 0 bridgehead atoms. The number of aromatic nitrogens is 3. The summed E-state index contributed by atoms with van der Waals surface area (Å²) >= 11 is 1.27. The lowest BCUT2D eigenvalue weighted by molar-refractivity contribution is -0.113. The molecule has 176 valence electrons. The molecule has 0 aliphatic rings. The summed E-state index contributed by atoms with van der Waals surface area (Å²) in [4.78, 5) is 12.3. The van der Waals surface area contributed by atoms with Gasteiger partial charge in [-0.15, -0.1) is 10.2 Å². The van der Waals surface area contributed by atoms with Crippen molar-refractivity contribution in [3.8, 4) is 5.75 Å². The van der Waals surface area contributed by atoms with Crippen molar-refractivity contribution in [2.24, 2.45) is 5.92 Å². The zero-order valence-electron chi connectivity index (χ0n) is 19.7. The Balaban J connectivity index is 1.69. The minimum absolute atomic E-state index is 0.0937. The molecule has 1 amide bonds. The average Bonchev–Trinajstić information content (AvgIpc) is 3.16. The second-order valence-electron chi connectivity index (χ2n) is 8.65. The van der Waals surface area contributed by atoms with Crippen LogP contribution in [0.15, 0.2) is 53.7 Å². The van der Waals surface area contributed by atoms with E-state index in [0.29, 0.717) is 29.4 Å². The molecule has 1 atom stereocenters. The first-order valence-corrected chi connectivity index (χ1v) is 12.1. The quantitative estimate of drug-likeness (QED) is 0.364. The fraction of sp³-hybridized carbons (Fsp3) is 0.400. The zero-order valence-corrected chi connectivity index (χ0v) is 20.5. The molecule has 0 saturated heterocycles. The highest BCUT2D eigenvalue weighted by Gasteiger charge is 2.21. The Hall–Kier alpha value is -2.87. The van der Waals surface area contributed by atoms with E-state index in [2.05, 4.69) is 55.3 Å². The van der Waals surface area contributed by atoms with Crippen molar-refractivity contribution >= 4 is 23.4 Å². The second-order valence-corrected chi connectivity index (χ2v) is 9.59. The number of halogens is 1. The number of amides is 1. The van der Waals surface area contributed by atoms with Crippen LogP contribution in [0.3, 0.4) is 0 Å². The standard InChI is InChI=1S/C25H31FN4O2S/c1-16(2)14-30-24(18(5)32-20-12-10-19(11-13-20)17(3)4)28-29-25(30)33-15-23(31)27-22-9-7-6-8-21(22)26/h6-13,16-18H,14-15H2,1-5H3,(H,27,31). The minimum atomic E-state index is -0.464. The molecule has 3 aromatic rings. The van der Waals surface area contributed by atoms with Crippen LogP contribution in [0.25, 0.3) is 0 Å². The largest absolute Gasteiger partial charge is 0.483 e. The molecule has 0 saturated carbocycles. The maximum atomic E-state index is 13.8. The van der Waals surface area contributed by atoms with Crippen LogP contribution in [0.5, 0.6) is 5.75 Å². The van der Waals surface area contributed by atoms with Gasteiger partial charge in [0.2, 0.25) is 5.91 Å². The number of nitrogens with one attached hydrogen (secondary N) is 1. The Morgan fingerprint density at radius 2 is 1.76 bits per heavy atom. The van der Waals surface area contributed by atoms with E-state index in [1.165, 1.54) is 29.5 Å². The third kappa shape index (κ3) is 6.81. The van der Waals surface area contributed by atoms with Gasteiger partial charge in [0.1, 0.15) is 11.6 Å². The zero-order chi connectivity index (χ0) is 24.0. The lowest BCUT2D eigenvalue weighted by Gasteiger charge is -2.18. The van der Waals surface area contributed by atoms with Gasteiger partial charge in [0, 0.05) is 6.54 Å². The van der Waals surface area contributed by atoms with Gasteiger partial charge in [-0.1, -0.05) is 63.7 Å². The van der Waals surface area contributed by atoms with E-state index in [0.717, 1.165) is 5.75 Å². The number of hydrogen-bond acceptors (Lipinski definition) is 5. The second kappa shape index (κ2) is 11.3. The predicted molar refractivity (Wildman–Crippen MR) is 130 cm³/mol. The van der Waals surface area contributed by atoms with E-state index in [9.17, 15) is 9.18 Å². The van der Waals surface area contributed by atoms with Crippen LogP contribution in [-0.2, 0) is 11.3 Å². The summed E-state index contributed by atoms with van der Waals surface area (Å²) in [5, 5.41) is 11.9. The number of benzene rings is 2.